The number of aryl methyl sites for hydroxylation is 2. The molecule has 2 aromatic rings. The third-order valence-electron chi connectivity index (χ3n) is 3.93. The van der Waals surface area contributed by atoms with Gasteiger partial charge >= 0.3 is 0 Å². The third kappa shape index (κ3) is 3.42. The summed E-state index contributed by atoms with van der Waals surface area (Å²) in [5, 5.41) is 9.56. The number of hydrogen-bond acceptors (Lipinski definition) is 6. The smallest absolute Gasteiger partial charge is 0.250 e. The molecule has 7 nitrogen and oxygen atoms in total. The SMILES string of the molecule is Cc1nn(C)c(N2CCNCC2)c1CNS(=O)(=O)c1cccs1. The van der Waals surface area contributed by atoms with Crippen LogP contribution in [0.25, 0.3) is 0 Å². The Labute approximate surface area is 140 Å². The van der Waals surface area contributed by atoms with Crippen LogP contribution in [0.1, 0.15) is 11.3 Å². The summed E-state index contributed by atoms with van der Waals surface area (Å²) in [6, 6.07) is 3.35. The Kier molecular flexibility index (Phi) is 4.72. The number of aromatic nitrogens is 2. The van der Waals surface area contributed by atoms with Crippen LogP contribution in [0.15, 0.2) is 21.7 Å². The van der Waals surface area contributed by atoms with E-state index in [0.29, 0.717) is 4.21 Å². The second-order valence-electron chi connectivity index (χ2n) is 5.50. The fraction of sp³-hybridized carbons (Fsp3) is 0.500. The average molecular weight is 355 g/mol. The molecular weight excluding hydrogens is 334 g/mol. The highest BCUT2D eigenvalue weighted by atomic mass is 32.2. The minimum absolute atomic E-state index is 0.249. The van der Waals surface area contributed by atoms with Gasteiger partial charge in [-0.2, -0.15) is 5.10 Å². The standard InChI is InChI=1S/C14H21N5O2S2/c1-11-12(10-16-23(20,21)13-4-3-9-22-13)14(18(2)17-11)19-7-5-15-6-8-19/h3-4,9,15-16H,5-8,10H2,1-2H3. The highest BCUT2D eigenvalue weighted by Crippen LogP contribution is 2.24. The van der Waals surface area contributed by atoms with E-state index in [1.165, 1.54) is 11.3 Å². The Morgan fingerprint density at radius 3 is 2.78 bits per heavy atom. The molecule has 9 heteroatoms. The van der Waals surface area contributed by atoms with E-state index in [-0.39, 0.29) is 6.54 Å². The van der Waals surface area contributed by atoms with E-state index in [2.05, 4.69) is 20.0 Å². The van der Waals surface area contributed by atoms with Gasteiger partial charge in [-0.1, -0.05) is 6.07 Å². The molecule has 2 N–H and O–H groups in total. The molecule has 0 saturated carbocycles. The molecule has 23 heavy (non-hydrogen) atoms. The molecule has 3 heterocycles. The van der Waals surface area contributed by atoms with Gasteiger partial charge in [0.1, 0.15) is 10.0 Å². The van der Waals surface area contributed by atoms with Crippen LogP contribution >= 0.6 is 11.3 Å². The van der Waals surface area contributed by atoms with Gasteiger partial charge in [-0.3, -0.25) is 4.68 Å². The van der Waals surface area contributed by atoms with Gasteiger partial charge in [0, 0.05) is 45.3 Å². The van der Waals surface area contributed by atoms with Crippen molar-refractivity contribution >= 4 is 27.2 Å². The van der Waals surface area contributed by atoms with Gasteiger partial charge in [0.15, 0.2) is 0 Å². The van der Waals surface area contributed by atoms with Crippen LogP contribution in [0.3, 0.4) is 0 Å². The van der Waals surface area contributed by atoms with Gasteiger partial charge in [0.05, 0.1) is 5.69 Å². The summed E-state index contributed by atoms with van der Waals surface area (Å²) in [6.45, 7) is 5.79. The second-order valence-corrected chi connectivity index (χ2v) is 8.45. The van der Waals surface area contributed by atoms with Crippen molar-refractivity contribution in [3.63, 3.8) is 0 Å². The van der Waals surface area contributed by atoms with E-state index in [1.807, 2.05) is 18.7 Å². The summed E-state index contributed by atoms with van der Waals surface area (Å²) in [5.41, 5.74) is 1.80. The summed E-state index contributed by atoms with van der Waals surface area (Å²) in [4.78, 5) is 2.26. The lowest BCUT2D eigenvalue weighted by Crippen LogP contribution is -2.44. The van der Waals surface area contributed by atoms with E-state index in [4.69, 9.17) is 0 Å². The molecule has 0 bridgehead atoms. The lowest BCUT2D eigenvalue weighted by Gasteiger charge is -2.30. The van der Waals surface area contributed by atoms with Crippen molar-refractivity contribution in [3.8, 4) is 0 Å². The van der Waals surface area contributed by atoms with E-state index >= 15 is 0 Å². The number of nitrogens with one attached hydrogen (secondary N) is 2. The Bertz CT molecular complexity index is 761. The summed E-state index contributed by atoms with van der Waals surface area (Å²) >= 11 is 1.22. The van der Waals surface area contributed by atoms with Gasteiger partial charge < -0.3 is 10.2 Å². The maximum atomic E-state index is 12.3. The normalized spacial score (nSPS) is 16.0. The number of thiophene rings is 1. The predicted molar refractivity (Wildman–Crippen MR) is 91.4 cm³/mol. The maximum Gasteiger partial charge on any atom is 0.250 e. The zero-order valence-corrected chi connectivity index (χ0v) is 14.9. The van der Waals surface area contributed by atoms with Crippen LogP contribution in [0.2, 0.25) is 0 Å². The molecule has 1 fully saturated rings. The van der Waals surface area contributed by atoms with Crippen LogP contribution in [0.5, 0.6) is 0 Å². The number of hydrogen-bond donors (Lipinski definition) is 2. The first-order valence-corrected chi connectivity index (χ1v) is 9.86. The number of nitrogens with zero attached hydrogens (tertiary/aromatic N) is 3. The van der Waals surface area contributed by atoms with Gasteiger partial charge in [-0.05, 0) is 18.4 Å². The molecule has 0 atom stereocenters. The monoisotopic (exact) mass is 355 g/mol. The van der Waals surface area contributed by atoms with Crippen molar-refractivity contribution in [3.05, 3.63) is 28.8 Å². The van der Waals surface area contributed by atoms with Crippen LogP contribution in [-0.2, 0) is 23.6 Å². The number of sulfonamides is 1. The molecule has 0 spiro atoms. The largest absolute Gasteiger partial charge is 0.354 e. The van der Waals surface area contributed by atoms with Gasteiger partial charge in [-0.25, -0.2) is 13.1 Å². The average Bonchev–Trinajstić information content (AvgIpc) is 3.15. The van der Waals surface area contributed by atoms with Gasteiger partial charge in [0.25, 0.3) is 0 Å². The Balaban J connectivity index is 1.83. The van der Waals surface area contributed by atoms with E-state index in [0.717, 1.165) is 43.3 Å². The topological polar surface area (TPSA) is 79.3 Å². The van der Waals surface area contributed by atoms with Crippen LogP contribution in [0, 0.1) is 6.92 Å². The molecule has 126 valence electrons. The third-order valence-corrected chi connectivity index (χ3v) is 6.73. The summed E-state index contributed by atoms with van der Waals surface area (Å²) in [5.74, 6) is 0.998. The Hall–Kier alpha value is -1.42. The Morgan fingerprint density at radius 2 is 2.13 bits per heavy atom. The van der Waals surface area contributed by atoms with Crippen molar-refractivity contribution in [2.24, 2.45) is 7.05 Å². The second kappa shape index (κ2) is 6.60. The van der Waals surface area contributed by atoms with Crippen molar-refractivity contribution in [1.82, 2.24) is 19.8 Å². The first kappa shape index (κ1) is 16.4. The van der Waals surface area contributed by atoms with Crippen LogP contribution < -0.4 is 14.9 Å². The zero-order chi connectivity index (χ0) is 16.4. The molecule has 1 saturated heterocycles. The zero-order valence-electron chi connectivity index (χ0n) is 13.2. The molecule has 1 aliphatic rings. The summed E-state index contributed by atoms with van der Waals surface area (Å²) < 4.78 is 29.5. The fourth-order valence-electron chi connectivity index (χ4n) is 2.82. The number of rotatable bonds is 5. The van der Waals surface area contributed by atoms with E-state index in [1.54, 1.807) is 17.5 Å². The highest BCUT2D eigenvalue weighted by molar-refractivity contribution is 7.91. The lowest BCUT2D eigenvalue weighted by molar-refractivity contribution is 0.568. The van der Waals surface area contributed by atoms with Crippen molar-refractivity contribution in [2.45, 2.75) is 17.7 Å². The first-order valence-electron chi connectivity index (χ1n) is 7.50. The highest BCUT2D eigenvalue weighted by Gasteiger charge is 2.23. The van der Waals surface area contributed by atoms with Crippen LogP contribution in [-0.4, -0.2) is 44.4 Å². The quantitative estimate of drug-likeness (QED) is 0.824. The van der Waals surface area contributed by atoms with Gasteiger partial charge in [-0.15, -0.1) is 11.3 Å². The molecule has 3 rings (SSSR count). The minimum Gasteiger partial charge on any atom is -0.354 e. The minimum atomic E-state index is -3.47. The van der Waals surface area contributed by atoms with Crippen LogP contribution in [0.4, 0.5) is 5.82 Å². The summed E-state index contributed by atoms with van der Waals surface area (Å²) in [6.07, 6.45) is 0. The predicted octanol–water partition coefficient (Wildman–Crippen LogP) is 0.678. The molecule has 0 aromatic carbocycles. The first-order chi connectivity index (χ1) is 11.0. The maximum absolute atomic E-state index is 12.3. The number of piperazine rings is 1. The molecular formula is C14H21N5O2S2. The molecule has 0 amide bonds. The molecule has 0 unspecified atom stereocenters. The van der Waals surface area contributed by atoms with Crippen molar-refractivity contribution < 1.29 is 8.42 Å². The van der Waals surface area contributed by atoms with E-state index in [9.17, 15) is 8.42 Å². The molecule has 0 radical (unpaired) electrons. The molecule has 0 aliphatic carbocycles. The summed E-state index contributed by atoms with van der Waals surface area (Å²) in [7, 11) is -1.57. The van der Waals surface area contributed by atoms with Crippen molar-refractivity contribution in [2.75, 3.05) is 31.1 Å². The Morgan fingerprint density at radius 1 is 1.39 bits per heavy atom. The molecule has 1 aliphatic heterocycles. The van der Waals surface area contributed by atoms with Gasteiger partial charge in [0.2, 0.25) is 10.0 Å². The lowest BCUT2D eigenvalue weighted by atomic mass is 10.2. The van der Waals surface area contributed by atoms with E-state index < -0.39 is 10.0 Å². The molecule has 2 aromatic heterocycles. The fourth-order valence-corrected chi connectivity index (χ4v) is 4.86. The van der Waals surface area contributed by atoms with Crippen molar-refractivity contribution in [1.29, 1.82) is 0 Å². The number of anilines is 1.